The molecule has 0 spiro atoms. The highest BCUT2D eigenvalue weighted by atomic mass is 16.5. The summed E-state index contributed by atoms with van der Waals surface area (Å²) in [5.74, 6) is -1.24. The molecule has 148 valence electrons. The van der Waals surface area contributed by atoms with Crippen LogP contribution in [0.5, 0.6) is 0 Å². The molecule has 4 heteroatoms. The summed E-state index contributed by atoms with van der Waals surface area (Å²) in [6, 6.07) is 20.2. The van der Waals surface area contributed by atoms with Crippen LogP contribution in [0.15, 0.2) is 85.5 Å². The average Bonchev–Trinajstić information content (AvgIpc) is 2.73. The second-order valence-corrected chi connectivity index (χ2v) is 6.21. The average molecular weight is 380 g/mol. The lowest BCUT2D eigenvalue weighted by Crippen LogP contribution is -2.02. The summed E-state index contributed by atoms with van der Waals surface area (Å²) >= 11 is 0. The zero-order chi connectivity index (χ0) is 20.6. The summed E-state index contributed by atoms with van der Waals surface area (Å²) < 4.78 is 4.86. The number of esters is 1. The first-order valence-electron chi connectivity index (χ1n) is 9.31. The van der Waals surface area contributed by atoms with Crippen molar-refractivity contribution < 1.29 is 19.4 Å². The van der Waals surface area contributed by atoms with E-state index in [0.29, 0.717) is 18.6 Å². The maximum Gasteiger partial charge on any atom is 0.330 e. The van der Waals surface area contributed by atoms with Crippen molar-refractivity contribution in [2.24, 2.45) is 0 Å². The molecule has 2 aromatic carbocycles. The molecule has 0 saturated heterocycles. The number of carboxylic acid groups (broad SMARTS) is 1. The first-order valence-corrected chi connectivity index (χ1v) is 9.31. The van der Waals surface area contributed by atoms with Gasteiger partial charge < -0.3 is 9.84 Å². The summed E-state index contributed by atoms with van der Waals surface area (Å²) in [5.41, 5.74) is 2.80. The summed E-state index contributed by atoms with van der Waals surface area (Å²) in [5, 5.41) is 8.58. The lowest BCUT2D eigenvalue weighted by molar-refractivity contribution is -0.137. The standard InChI is InChI=1S/2C12H14O2/c1-10(12(13)14)6-5-9-11-7-3-2-4-8-11;1-2-12(13)14-10-6-9-11-7-4-3-5-8-11/h2-4,7-8H,1,5-6,9H2,(H,13,14);2-5,7-8H,1,6,9-10H2. The lowest BCUT2D eigenvalue weighted by Gasteiger charge is -2.01. The molecule has 0 aliphatic heterocycles. The van der Waals surface area contributed by atoms with Gasteiger partial charge in [0.25, 0.3) is 0 Å². The van der Waals surface area contributed by atoms with Crippen LogP contribution in [-0.2, 0) is 27.2 Å². The number of benzene rings is 2. The van der Waals surface area contributed by atoms with Crippen LogP contribution in [0, 0.1) is 0 Å². The predicted octanol–water partition coefficient (Wildman–Crippen LogP) is 5.00. The molecule has 28 heavy (non-hydrogen) atoms. The Morgan fingerprint density at radius 2 is 1.39 bits per heavy atom. The Balaban J connectivity index is 0.000000280. The van der Waals surface area contributed by atoms with Gasteiger partial charge in [0.2, 0.25) is 0 Å². The number of aliphatic carboxylic acids is 1. The minimum atomic E-state index is -0.891. The molecule has 0 bridgehead atoms. The number of rotatable bonds is 10. The van der Waals surface area contributed by atoms with Crippen molar-refractivity contribution in [3.05, 3.63) is 96.6 Å². The van der Waals surface area contributed by atoms with Crippen LogP contribution in [0.4, 0.5) is 0 Å². The summed E-state index contributed by atoms with van der Waals surface area (Å²) in [4.78, 5) is 21.1. The second-order valence-electron chi connectivity index (χ2n) is 6.21. The fraction of sp³-hybridized carbons (Fsp3) is 0.250. The van der Waals surface area contributed by atoms with Gasteiger partial charge in [-0.15, -0.1) is 0 Å². The molecule has 0 aliphatic carbocycles. The molecule has 0 atom stereocenters. The van der Waals surface area contributed by atoms with Crippen LogP contribution in [0.2, 0.25) is 0 Å². The third-order valence-electron chi connectivity index (χ3n) is 3.95. The number of hydrogen-bond acceptors (Lipinski definition) is 3. The van der Waals surface area contributed by atoms with E-state index in [2.05, 4.69) is 25.3 Å². The number of carbonyl (C=O) groups excluding carboxylic acids is 1. The van der Waals surface area contributed by atoms with Crippen molar-refractivity contribution in [2.75, 3.05) is 6.61 Å². The van der Waals surface area contributed by atoms with Crippen molar-refractivity contribution in [1.82, 2.24) is 0 Å². The van der Waals surface area contributed by atoms with E-state index in [1.165, 1.54) is 17.2 Å². The van der Waals surface area contributed by atoms with Crippen LogP contribution >= 0.6 is 0 Å². The number of ether oxygens (including phenoxy) is 1. The van der Waals surface area contributed by atoms with Crippen LogP contribution in [0.1, 0.15) is 30.4 Å². The van der Waals surface area contributed by atoms with Crippen molar-refractivity contribution in [1.29, 1.82) is 0 Å². The SMILES string of the molecule is C=C(CCCc1ccccc1)C(=O)O.C=CC(=O)OCCCc1ccccc1. The molecule has 0 saturated carbocycles. The molecule has 1 N–H and O–H groups in total. The van der Waals surface area contributed by atoms with Gasteiger partial charge in [0.05, 0.1) is 6.61 Å². The Bertz CT molecular complexity index is 734. The quantitative estimate of drug-likeness (QED) is 0.358. The van der Waals surface area contributed by atoms with Gasteiger partial charge in [0.1, 0.15) is 0 Å². The maximum absolute atomic E-state index is 10.7. The number of carbonyl (C=O) groups is 2. The van der Waals surface area contributed by atoms with E-state index < -0.39 is 5.97 Å². The third kappa shape index (κ3) is 10.8. The van der Waals surface area contributed by atoms with Gasteiger partial charge in [-0.1, -0.05) is 73.8 Å². The highest BCUT2D eigenvalue weighted by Gasteiger charge is 2.02. The molecule has 0 aromatic heterocycles. The fourth-order valence-corrected chi connectivity index (χ4v) is 2.41. The third-order valence-corrected chi connectivity index (χ3v) is 3.95. The van der Waals surface area contributed by atoms with E-state index in [1.54, 1.807) is 0 Å². The Morgan fingerprint density at radius 1 is 0.893 bits per heavy atom. The molecule has 0 aliphatic rings. The van der Waals surface area contributed by atoms with Crippen LogP contribution in [0.3, 0.4) is 0 Å². The topological polar surface area (TPSA) is 63.6 Å². The van der Waals surface area contributed by atoms with Crippen LogP contribution in [-0.4, -0.2) is 23.7 Å². The van der Waals surface area contributed by atoms with Gasteiger partial charge in [0, 0.05) is 11.6 Å². The zero-order valence-electron chi connectivity index (χ0n) is 16.2. The highest BCUT2D eigenvalue weighted by molar-refractivity contribution is 5.85. The predicted molar refractivity (Wildman–Crippen MR) is 112 cm³/mol. The molecule has 4 nitrogen and oxygen atoms in total. The molecule has 0 radical (unpaired) electrons. The smallest absolute Gasteiger partial charge is 0.330 e. The molecule has 0 fully saturated rings. The van der Waals surface area contributed by atoms with Gasteiger partial charge in [-0.2, -0.15) is 0 Å². The normalized spacial score (nSPS) is 9.57. The summed E-state index contributed by atoms with van der Waals surface area (Å²) in [7, 11) is 0. The molecule has 2 rings (SSSR count). The highest BCUT2D eigenvalue weighted by Crippen LogP contribution is 2.08. The van der Waals surface area contributed by atoms with Crippen molar-refractivity contribution in [3.63, 3.8) is 0 Å². The van der Waals surface area contributed by atoms with Crippen LogP contribution in [0.25, 0.3) is 0 Å². The van der Waals surface area contributed by atoms with Gasteiger partial charge in [-0.05, 0) is 43.2 Å². The minimum absolute atomic E-state index is 0.293. The molecular weight excluding hydrogens is 352 g/mol. The summed E-state index contributed by atoms with van der Waals surface area (Å²) in [6.07, 6.45) is 5.28. The van der Waals surface area contributed by atoms with Crippen molar-refractivity contribution in [2.45, 2.75) is 32.1 Å². The molecule has 0 amide bonds. The Labute approximate surface area is 167 Å². The van der Waals surface area contributed by atoms with E-state index in [0.717, 1.165) is 25.7 Å². The van der Waals surface area contributed by atoms with Gasteiger partial charge >= 0.3 is 11.9 Å². The van der Waals surface area contributed by atoms with E-state index in [9.17, 15) is 9.59 Å². The molecule has 0 unspecified atom stereocenters. The van der Waals surface area contributed by atoms with Gasteiger partial charge in [-0.25, -0.2) is 9.59 Å². The van der Waals surface area contributed by atoms with E-state index in [-0.39, 0.29) is 5.97 Å². The first-order chi connectivity index (χ1) is 13.5. The maximum atomic E-state index is 10.7. The van der Waals surface area contributed by atoms with Crippen molar-refractivity contribution in [3.8, 4) is 0 Å². The van der Waals surface area contributed by atoms with E-state index in [4.69, 9.17) is 9.84 Å². The number of hydrogen-bond donors (Lipinski definition) is 1. The summed E-state index contributed by atoms with van der Waals surface area (Å²) in [6.45, 7) is 7.27. The zero-order valence-corrected chi connectivity index (χ0v) is 16.2. The van der Waals surface area contributed by atoms with Gasteiger partial charge in [0.15, 0.2) is 0 Å². The van der Waals surface area contributed by atoms with E-state index >= 15 is 0 Å². The van der Waals surface area contributed by atoms with E-state index in [1.807, 2.05) is 48.5 Å². The molecule has 0 heterocycles. The fourth-order valence-electron chi connectivity index (χ4n) is 2.41. The second kappa shape index (κ2) is 14.0. The lowest BCUT2D eigenvalue weighted by atomic mass is 10.1. The molecule has 2 aromatic rings. The molecular formula is C24H28O4. The van der Waals surface area contributed by atoms with Gasteiger partial charge in [-0.3, -0.25) is 0 Å². The first kappa shape index (κ1) is 22.9. The minimum Gasteiger partial charge on any atom is -0.478 e. The Hall–Kier alpha value is -3.14. The van der Waals surface area contributed by atoms with Crippen LogP contribution < -0.4 is 0 Å². The number of carboxylic acids is 1. The number of aryl methyl sites for hydroxylation is 2. The monoisotopic (exact) mass is 380 g/mol. The Morgan fingerprint density at radius 3 is 1.86 bits per heavy atom. The largest absolute Gasteiger partial charge is 0.478 e. The Kier molecular flexibility index (Phi) is 11.4. The van der Waals surface area contributed by atoms with Crippen molar-refractivity contribution >= 4 is 11.9 Å².